The standard InChI is InChI=1S/C17H15N3O5/c1-23-8-12-13(15(21)24-2)17(10(7-18)14(19)25-12)9-5-3-4-6-11(9)20-16(17)22/h3-6H,8,19H2,1-2H3,(H,20,22)/t17-/m1/s1. The summed E-state index contributed by atoms with van der Waals surface area (Å²) in [7, 11) is 2.58. The third-order valence-electron chi connectivity index (χ3n) is 4.21. The number of ether oxygens (including phenoxy) is 3. The number of benzene rings is 1. The quantitative estimate of drug-likeness (QED) is 0.775. The topological polar surface area (TPSA) is 124 Å². The lowest BCUT2D eigenvalue weighted by Crippen LogP contribution is -2.46. The van der Waals surface area contributed by atoms with E-state index in [1.165, 1.54) is 14.2 Å². The number of hydrogen-bond donors (Lipinski definition) is 2. The fraction of sp³-hybridized carbons (Fsp3) is 0.235. The highest BCUT2D eigenvalue weighted by Crippen LogP contribution is 2.51. The van der Waals surface area contributed by atoms with E-state index < -0.39 is 17.3 Å². The van der Waals surface area contributed by atoms with Crippen LogP contribution in [0.1, 0.15) is 5.56 Å². The number of esters is 1. The summed E-state index contributed by atoms with van der Waals surface area (Å²) in [6, 6.07) is 8.67. The van der Waals surface area contributed by atoms with Crippen molar-refractivity contribution in [1.82, 2.24) is 0 Å². The van der Waals surface area contributed by atoms with Crippen LogP contribution in [-0.4, -0.2) is 32.7 Å². The molecule has 3 N–H and O–H groups in total. The number of fused-ring (bicyclic) bond motifs is 2. The molecule has 1 aromatic rings. The van der Waals surface area contributed by atoms with Crippen molar-refractivity contribution >= 4 is 17.6 Å². The number of rotatable bonds is 3. The van der Waals surface area contributed by atoms with Gasteiger partial charge in [0.2, 0.25) is 11.8 Å². The van der Waals surface area contributed by atoms with Gasteiger partial charge >= 0.3 is 5.97 Å². The first-order valence-corrected chi connectivity index (χ1v) is 7.32. The van der Waals surface area contributed by atoms with E-state index in [-0.39, 0.29) is 29.4 Å². The van der Waals surface area contributed by atoms with Gasteiger partial charge in [-0.1, -0.05) is 18.2 Å². The maximum Gasteiger partial charge on any atom is 0.339 e. The van der Waals surface area contributed by atoms with Gasteiger partial charge in [-0.2, -0.15) is 5.26 Å². The van der Waals surface area contributed by atoms with E-state index in [4.69, 9.17) is 19.9 Å². The number of hydrogen-bond acceptors (Lipinski definition) is 7. The Kier molecular flexibility index (Phi) is 3.94. The molecule has 128 valence electrons. The number of nitrogens with zero attached hydrogens (tertiary/aromatic N) is 1. The van der Waals surface area contributed by atoms with E-state index in [1.807, 2.05) is 6.07 Å². The highest BCUT2D eigenvalue weighted by Gasteiger charge is 2.60. The van der Waals surface area contributed by atoms with Crippen LogP contribution in [0.5, 0.6) is 0 Å². The molecule has 0 aliphatic carbocycles. The normalized spacial score (nSPS) is 21.6. The Bertz CT molecular complexity index is 881. The average molecular weight is 341 g/mol. The summed E-state index contributed by atoms with van der Waals surface area (Å²) < 4.78 is 15.3. The van der Waals surface area contributed by atoms with Gasteiger partial charge in [-0.15, -0.1) is 0 Å². The molecule has 25 heavy (non-hydrogen) atoms. The minimum absolute atomic E-state index is 0.0257. The third-order valence-corrected chi connectivity index (χ3v) is 4.21. The predicted molar refractivity (Wildman–Crippen MR) is 85.6 cm³/mol. The van der Waals surface area contributed by atoms with Gasteiger partial charge in [0, 0.05) is 18.4 Å². The summed E-state index contributed by atoms with van der Waals surface area (Å²) in [5, 5.41) is 12.4. The molecule has 0 bridgehead atoms. The average Bonchev–Trinajstić information content (AvgIpc) is 2.88. The molecule has 8 nitrogen and oxygen atoms in total. The van der Waals surface area contributed by atoms with Crippen LogP contribution in [0.25, 0.3) is 0 Å². The second kappa shape index (κ2) is 5.96. The van der Waals surface area contributed by atoms with Crippen LogP contribution in [-0.2, 0) is 29.2 Å². The van der Waals surface area contributed by atoms with Gasteiger partial charge in [0.25, 0.3) is 0 Å². The van der Waals surface area contributed by atoms with Gasteiger partial charge < -0.3 is 25.3 Å². The maximum absolute atomic E-state index is 13.0. The first-order valence-electron chi connectivity index (χ1n) is 7.32. The van der Waals surface area contributed by atoms with Gasteiger partial charge in [-0.05, 0) is 6.07 Å². The van der Waals surface area contributed by atoms with Crippen molar-refractivity contribution in [2.24, 2.45) is 5.73 Å². The van der Waals surface area contributed by atoms with Gasteiger partial charge in [-0.3, -0.25) is 4.79 Å². The number of amides is 1. The summed E-state index contributed by atoms with van der Waals surface area (Å²) >= 11 is 0. The van der Waals surface area contributed by atoms with Crippen molar-refractivity contribution in [2.45, 2.75) is 5.41 Å². The molecular weight excluding hydrogens is 326 g/mol. The first-order chi connectivity index (χ1) is 12.0. The van der Waals surface area contributed by atoms with Crippen molar-refractivity contribution in [3.8, 4) is 6.07 Å². The zero-order valence-electron chi connectivity index (χ0n) is 13.6. The Balaban J connectivity index is 2.43. The molecule has 0 unspecified atom stereocenters. The molecule has 2 aliphatic heterocycles. The predicted octanol–water partition coefficient (Wildman–Crippen LogP) is 0.674. The molecule has 3 rings (SSSR count). The summed E-state index contributed by atoms with van der Waals surface area (Å²) in [6.45, 7) is -0.124. The van der Waals surface area contributed by atoms with Gasteiger partial charge in [0.15, 0.2) is 5.41 Å². The smallest absolute Gasteiger partial charge is 0.339 e. The number of carbonyl (C=O) groups excluding carboxylic acids is 2. The van der Waals surface area contributed by atoms with E-state index in [0.29, 0.717) is 11.3 Å². The molecule has 0 fully saturated rings. The van der Waals surface area contributed by atoms with Gasteiger partial charge in [0.05, 0.1) is 7.11 Å². The summed E-state index contributed by atoms with van der Waals surface area (Å²) in [6.07, 6.45) is 0. The molecule has 2 heterocycles. The van der Waals surface area contributed by atoms with Crippen molar-refractivity contribution in [1.29, 1.82) is 5.26 Å². The minimum Gasteiger partial charge on any atom is -0.466 e. The number of nitrogens with one attached hydrogen (secondary N) is 1. The fourth-order valence-corrected chi connectivity index (χ4v) is 3.25. The Hall–Kier alpha value is -3.31. The second-order valence-electron chi connectivity index (χ2n) is 5.43. The molecular formula is C17H15N3O5. The van der Waals surface area contributed by atoms with E-state index in [0.717, 1.165) is 0 Å². The van der Waals surface area contributed by atoms with Crippen LogP contribution >= 0.6 is 0 Å². The highest BCUT2D eigenvalue weighted by molar-refractivity contribution is 6.17. The monoisotopic (exact) mass is 341 g/mol. The van der Waals surface area contributed by atoms with E-state index in [9.17, 15) is 14.9 Å². The Morgan fingerprint density at radius 1 is 1.40 bits per heavy atom. The molecule has 0 aromatic heterocycles. The van der Waals surface area contributed by atoms with Crippen molar-refractivity contribution in [3.05, 3.63) is 52.6 Å². The Labute approximate surface area is 143 Å². The lowest BCUT2D eigenvalue weighted by atomic mass is 9.68. The molecule has 1 amide bonds. The first kappa shape index (κ1) is 16.5. The van der Waals surface area contributed by atoms with Crippen LogP contribution in [0.2, 0.25) is 0 Å². The van der Waals surface area contributed by atoms with E-state index >= 15 is 0 Å². The number of methoxy groups -OCH3 is 2. The molecule has 1 aromatic carbocycles. The number of carbonyl (C=O) groups is 2. The summed E-state index contributed by atoms with van der Waals surface area (Å²) in [5.74, 6) is -1.61. The molecule has 1 atom stereocenters. The van der Waals surface area contributed by atoms with Crippen molar-refractivity contribution < 1.29 is 23.8 Å². The van der Waals surface area contributed by atoms with E-state index in [1.54, 1.807) is 24.3 Å². The zero-order valence-corrected chi connectivity index (χ0v) is 13.6. The van der Waals surface area contributed by atoms with Crippen molar-refractivity contribution in [3.63, 3.8) is 0 Å². The number of anilines is 1. The molecule has 0 radical (unpaired) electrons. The third kappa shape index (κ3) is 2.10. The molecule has 0 saturated carbocycles. The molecule has 0 saturated heterocycles. The van der Waals surface area contributed by atoms with Crippen LogP contribution in [0.3, 0.4) is 0 Å². The largest absolute Gasteiger partial charge is 0.466 e. The summed E-state index contributed by atoms with van der Waals surface area (Å²) in [4.78, 5) is 25.6. The highest BCUT2D eigenvalue weighted by atomic mass is 16.5. The van der Waals surface area contributed by atoms with Crippen LogP contribution in [0.4, 0.5) is 5.69 Å². The summed E-state index contributed by atoms with van der Waals surface area (Å²) in [5.41, 5.74) is 4.78. The van der Waals surface area contributed by atoms with Gasteiger partial charge in [0.1, 0.15) is 29.6 Å². The van der Waals surface area contributed by atoms with Crippen molar-refractivity contribution in [2.75, 3.05) is 26.1 Å². The van der Waals surface area contributed by atoms with Crippen LogP contribution in [0.15, 0.2) is 47.1 Å². The Morgan fingerprint density at radius 3 is 2.76 bits per heavy atom. The molecule has 8 heteroatoms. The SMILES string of the molecule is COCC1=C(C(=O)OC)[C@]2(C(=O)Nc3ccccc32)C(C#N)=C(N)O1. The molecule has 2 aliphatic rings. The van der Waals surface area contributed by atoms with E-state index in [2.05, 4.69) is 5.32 Å². The molecule has 1 spiro atoms. The van der Waals surface area contributed by atoms with Gasteiger partial charge in [-0.25, -0.2) is 4.79 Å². The van der Waals surface area contributed by atoms with Crippen LogP contribution < -0.4 is 11.1 Å². The number of nitriles is 1. The number of nitrogens with two attached hydrogens (primary N) is 1. The second-order valence-corrected chi connectivity index (χ2v) is 5.43. The minimum atomic E-state index is -1.74. The Morgan fingerprint density at radius 2 is 2.12 bits per heavy atom. The zero-order chi connectivity index (χ0) is 18.2. The lowest BCUT2D eigenvalue weighted by molar-refractivity contribution is -0.138. The fourth-order valence-electron chi connectivity index (χ4n) is 3.25. The number of para-hydroxylation sites is 1. The van der Waals surface area contributed by atoms with Crippen LogP contribution in [0, 0.1) is 11.3 Å². The maximum atomic E-state index is 13.0. The lowest BCUT2D eigenvalue weighted by Gasteiger charge is -2.34.